The summed E-state index contributed by atoms with van der Waals surface area (Å²) in [5.41, 5.74) is 6.73. The molecule has 5 nitrogen and oxygen atoms in total. The summed E-state index contributed by atoms with van der Waals surface area (Å²) < 4.78 is 4.59. The highest BCUT2D eigenvalue weighted by Crippen LogP contribution is 2.06. The largest absolute Gasteiger partial charge is 0.423 e. The van der Waals surface area contributed by atoms with Gasteiger partial charge in [-0.2, -0.15) is 5.26 Å². The first-order chi connectivity index (χ1) is 7.22. The van der Waals surface area contributed by atoms with Crippen molar-refractivity contribution >= 4 is 6.03 Å². The maximum Gasteiger partial charge on any atom is 0.312 e. The normalized spacial score (nSPS) is 9.00. The molecule has 0 saturated heterocycles. The topological polar surface area (TPSA) is 88.1 Å². The van der Waals surface area contributed by atoms with Gasteiger partial charge in [0.05, 0.1) is 0 Å². The Morgan fingerprint density at radius 3 is 2.93 bits per heavy atom. The monoisotopic (exact) mass is 205 g/mol. The molecule has 3 N–H and O–H groups in total. The van der Waals surface area contributed by atoms with Crippen molar-refractivity contribution in [1.82, 2.24) is 5.32 Å². The number of rotatable bonds is 4. The van der Waals surface area contributed by atoms with Gasteiger partial charge in [0.1, 0.15) is 6.61 Å². The van der Waals surface area contributed by atoms with Crippen LogP contribution >= 0.6 is 0 Å². The Labute approximate surface area is 87.4 Å². The first kappa shape index (κ1) is 10.9. The number of primary amides is 1. The van der Waals surface area contributed by atoms with Gasteiger partial charge in [-0.15, -0.1) is 0 Å². The van der Waals surface area contributed by atoms with E-state index in [0.29, 0.717) is 6.54 Å². The minimum atomic E-state index is -0.561. The standard InChI is InChI=1S/C10H11N3O2/c11-7-15-6-9-3-1-2-8(4-9)5-13-10(12)14/h1-4H,5-6H2,(H3,12,13,14). The van der Waals surface area contributed by atoms with E-state index < -0.39 is 6.03 Å². The second-order valence-corrected chi connectivity index (χ2v) is 2.92. The predicted molar refractivity (Wildman–Crippen MR) is 53.3 cm³/mol. The molecule has 0 fully saturated rings. The van der Waals surface area contributed by atoms with Gasteiger partial charge in [-0.1, -0.05) is 24.3 Å². The van der Waals surface area contributed by atoms with Gasteiger partial charge in [-0.3, -0.25) is 0 Å². The van der Waals surface area contributed by atoms with Crippen molar-refractivity contribution < 1.29 is 9.53 Å². The van der Waals surface area contributed by atoms with E-state index in [1.807, 2.05) is 24.3 Å². The first-order valence-corrected chi connectivity index (χ1v) is 4.34. The minimum absolute atomic E-state index is 0.237. The third-order valence-electron chi connectivity index (χ3n) is 1.76. The fraction of sp³-hybridized carbons (Fsp3) is 0.200. The number of nitriles is 1. The van der Waals surface area contributed by atoms with Crippen LogP contribution in [-0.2, 0) is 17.9 Å². The quantitative estimate of drug-likeness (QED) is 0.714. The van der Waals surface area contributed by atoms with Gasteiger partial charge < -0.3 is 15.8 Å². The summed E-state index contributed by atoms with van der Waals surface area (Å²) in [6.07, 6.45) is 1.60. The average molecular weight is 205 g/mol. The summed E-state index contributed by atoms with van der Waals surface area (Å²) in [4.78, 5) is 10.5. The first-order valence-electron chi connectivity index (χ1n) is 4.34. The van der Waals surface area contributed by atoms with Crippen molar-refractivity contribution in [2.24, 2.45) is 5.73 Å². The molecular formula is C10H11N3O2. The van der Waals surface area contributed by atoms with E-state index in [9.17, 15) is 4.79 Å². The van der Waals surface area contributed by atoms with Crippen LogP contribution in [0.1, 0.15) is 11.1 Å². The highest BCUT2D eigenvalue weighted by Gasteiger charge is 1.97. The Morgan fingerprint density at radius 2 is 2.27 bits per heavy atom. The molecular weight excluding hydrogens is 194 g/mol. The molecule has 0 aliphatic heterocycles. The number of hydrogen-bond donors (Lipinski definition) is 2. The third-order valence-corrected chi connectivity index (χ3v) is 1.76. The van der Waals surface area contributed by atoms with E-state index in [1.165, 1.54) is 0 Å². The lowest BCUT2D eigenvalue weighted by atomic mass is 10.1. The lowest BCUT2D eigenvalue weighted by Gasteiger charge is -2.04. The second-order valence-electron chi connectivity index (χ2n) is 2.92. The molecule has 0 saturated carbocycles. The van der Waals surface area contributed by atoms with Gasteiger partial charge in [0.15, 0.2) is 0 Å². The molecule has 78 valence electrons. The third kappa shape index (κ3) is 4.00. The van der Waals surface area contributed by atoms with Crippen LogP contribution in [0.2, 0.25) is 0 Å². The number of amides is 2. The molecule has 0 bridgehead atoms. The summed E-state index contributed by atoms with van der Waals surface area (Å²) in [5.74, 6) is 0. The number of nitrogens with two attached hydrogens (primary N) is 1. The van der Waals surface area contributed by atoms with Crippen molar-refractivity contribution in [3.8, 4) is 6.26 Å². The minimum Gasteiger partial charge on any atom is -0.423 e. The lowest BCUT2D eigenvalue weighted by Crippen LogP contribution is -2.28. The zero-order chi connectivity index (χ0) is 11.1. The van der Waals surface area contributed by atoms with E-state index >= 15 is 0 Å². The maximum absolute atomic E-state index is 10.5. The van der Waals surface area contributed by atoms with Crippen LogP contribution in [0, 0.1) is 11.5 Å². The lowest BCUT2D eigenvalue weighted by molar-refractivity contribution is 0.248. The zero-order valence-corrected chi connectivity index (χ0v) is 8.06. The summed E-state index contributed by atoms with van der Waals surface area (Å²) >= 11 is 0. The smallest absolute Gasteiger partial charge is 0.312 e. The van der Waals surface area contributed by atoms with Gasteiger partial charge in [-0.05, 0) is 11.1 Å². The Balaban J connectivity index is 2.58. The highest BCUT2D eigenvalue weighted by atomic mass is 16.5. The molecule has 0 aliphatic carbocycles. The zero-order valence-electron chi connectivity index (χ0n) is 8.06. The van der Waals surface area contributed by atoms with Crippen molar-refractivity contribution in [3.63, 3.8) is 0 Å². The van der Waals surface area contributed by atoms with Crippen molar-refractivity contribution in [2.45, 2.75) is 13.2 Å². The Morgan fingerprint density at radius 1 is 1.53 bits per heavy atom. The molecule has 15 heavy (non-hydrogen) atoms. The Bertz CT molecular complexity index is 384. The number of urea groups is 1. The molecule has 1 aromatic rings. The second kappa shape index (κ2) is 5.50. The summed E-state index contributed by atoms with van der Waals surface area (Å²) in [7, 11) is 0. The van der Waals surface area contributed by atoms with E-state index in [2.05, 4.69) is 10.1 Å². The summed E-state index contributed by atoms with van der Waals surface area (Å²) in [5, 5.41) is 10.7. The van der Waals surface area contributed by atoms with E-state index in [1.54, 1.807) is 6.26 Å². The van der Waals surface area contributed by atoms with E-state index in [0.717, 1.165) is 11.1 Å². The molecule has 0 radical (unpaired) electrons. The number of carbonyl (C=O) groups excluding carboxylic acids is 1. The molecule has 2 amide bonds. The molecule has 5 heteroatoms. The van der Waals surface area contributed by atoms with Crippen molar-refractivity contribution in [1.29, 1.82) is 5.26 Å². The Hall–Kier alpha value is -2.22. The molecule has 0 aliphatic rings. The van der Waals surface area contributed by atoms with Crippen molar-refractivity contribution in [3.05, 3.63) is 35.4 Å². The number of nitrogens with one attached hydrogen (secondary N) is 1. The molecule has 0 unspecified atom stereocenters. The highest BCUT2D eigenvalue weighted by molar-refractivity contribution is 5.71. The molecule has 1 rings (SSSR count). The van der Waals surface area contributed by atoms with Gasteiger partial charge in [0, 0.05) is 6.54 Å². The number of carbonyl (C=O) groups is 1. The fourth-order valence-corrected chi connectivity index (χ4v) is 1.13. The van der Waals surface area contributed by atoms with Crippen LogP contribution in [0.25, 0.3) is 0 Å². The van der Waals surface area contributed by atoms with E-state index in [-0.39, 0.29) is 6.61 Å². The number of nitrogens with zero attached hydrogens (tertiary/aromatic N) is 1. The summed E-state index contributed by atoms with van der Waals surface area (Å²) in [6, 6.07) is 6.80. The van der Waals surface area contributed by atoms with Crippen LogP contribution in [0.3, 0.4) is 0 Å². The van der Waals surface area contributed by atoms with Crippen LogP contribution in [0.4, 0.5) is 4.79 Å². The predicted octanol–water partition coefficient (Wildman–Crippen LogP) is 0.853. The molecule has 0 aromatic heterocycles. The number of benzene rings is 1. The number of ether oxygens (including phenoxy) is 1. The molecule has 0 heterocycles. The van der Waals surface area contributed by atoms with E-state index in [4.69, 9.17) is 11.0 Å². The Kier molecular flexibility index (Phi) is 3.98. The average Bonchev–Trinajstić information content (AvgIpc) is 2.24. The summed E-state index contributed by atoms with van der Waals surface area (Å²) in [6.45, 7) is 0.608. The fourth-order valence-electron chi connectivity index (χ4n) is 1.13. The van der Waals surface area contributed by atoms with Crippen LogP contribution in [0.5, 0.6) is 0 Å². The van der Waals surface area contributed by atoms with Crippen LogP contribution < -0.4 is 11.1 Å². The SMILES string of the molecule is N#COCc1cccc(CNC(N)=O)c1. The molecule has 1 aromatic carbocycles. The van der Waals surface area contributed by atoms with Crippen molar-refractivity contribution in [2.75, 3.05) is 0 Å². The van der Waals surface area contributed by atoms with Gasteiger partial charge >= 0.3 is 6.03 Å². The number of hydrogen-bond acceptors (Lipinski definition) is 3. The van der Waals surface area contributed by atoms with Gasteiger partial charge in [0.2, 0.25) is 0 Å². The molecule has 0 atom stereocenters. The van der Waals surface area contributed by atoms with Crippen LogP contribution in [0.15, 0.2) is 24.3 Å². The maximum atomic E-state index is 10.5. The van der Waals surface area contributed by atoms with Gasteiger partial charge in [0.25, 0.3) is 6.26 Å². The van der Waals surface area contributed by atoms with Gasteiger partial charge in [-0.25, -0.2) is 4.79 Å². The van der Waals surface area contributed by atoms with Crippen LogP contribution in [-0.4, -0.2) is 6.03 Å². The molecule has 0 spiro atoms.